The van der Waals surface area contributed by atoms with Gasteiger partial charge in [-0.05, 0) is 48.0 Å². The number of amidine groups is 1. The van der Waals surface area contributed by atoms with E-state index < -0.39 is 11.1 Å². The van der Waals surface area contributed by atoms with Crippen LogP contribution in [0.3, 0.4) is 0 Å². The molecular formula is C24H19ClFN3O2S. The second-order valence-corrected chi connectivity index (χ2v) is 8.76. The average molecular weight is 468 g/mol. The predicted molar refractivity (Wildman–Crippen MR) is 127 cm³/mol. The number of anilines is 1. The molecule has 1 N–H and O–H groups in total. The van der Waals surface area contributed by atoms with Crippen molar-refractivity contribution in [1.82, 2.24) is 4.90 Å². The van der Waals surface area contributed by atoms with Gasteiger partial charge >= 0.3 is 0 Å². The van der Waals surface area contributed by atoms with Gasteiger partial charge in [-0.3, -0.25) is 14.5 Å². The third kappa shape index (κ3) is 5.55. The molecule has 0 aromatic heterocycles. The standard InChI is InChI=1S/C24H19ClFN3O2S/c25-17-9-11-19(12-10-17)27-22(30)14-21-23(31)29(15-16-5-2-1-3-6-16)24(32-21)28-20-8-4-7-18(26)13-20/h1-13,21H,14-15H2,(H,27,30)/t21-/m0/s1. The van der Waals surface area contributed by atoms with E-state index in [4.69, 9.17) is 11.6 Å². The van der Waals surface area contributed by atoms with Gasteiger partial charge in [-0.2, -0.15) is 0 Å². The normalized spacial score (nSPS) is 17.1. The monoisotopic (exact) mass is 467 g/mol. The van der Waals surface area contributed by atoms with Crippen molar-refractivity contribution >= 4 is 51.7 Å². The summed E-state index contributed by atoms with van der Waals surface area (Å²) in [5.41, 5.74) is 1.94. The summed E-state index contributed by atoms with van der Waals surface area (Å²) < 4.78 is 13.6. The van der Waals surface area contributed by atoms with Crippen LogP contribution < -0.4 is 5.32 Å². The number of thioether (sulfide) groups is 1. The molecule has 0 saturated carbocycles. The molecule has 8 heteroatoms. The van der Waals surface area contributed by atoms with Crippen molar-refractivity contribution in [3.05, 3.63) is 95.3 Å². The van der Waals surface area contributed by atoms with Crippen LogP contribution in [0, 0.1) is 5.82 Å². The van der Waals surface area contributed by atoms with Crippen LogP contribution in [-0.2, 0) is 16.1 Å². The third-order valence-electron chi connectivity index (χ3n) is 4.74. The van der Waals surface area contributed by atoms with E-state index in [1.165, 1.54) is 23.9 Å². The Morgan fingerprint density at radius 3 is 2.53 bits per heavy atom. The van der Waals surface area contributed by atoms with Gasteiger partial charge in [0.1, 0.15) is 11.1 Å². The van der Waals surface area contributed by atoms with Gasteiger partial charge in [-0.25, -0.2) is 9.38 Å². The van der Waals surface area contributed by atoms with Gasteiger partial charge in [-0.1, -0.05) is 59.8 Å². The van der Waals surface area contributed by atoms with Gasteiger partial charge in [0.25, 0.3) is 0 Å². The summed E-state index contributed by atoms with van der Waals surface area (Å²) in [4.78, 5) is 31.8. The van der Waals surface area contributed by atoms with E-state index in [0.29, 0.717) is 28.1 Å². The van der Waals surface area contributed by atoms with Crippen LogP contribution in [0.15, 0.2) is 83.9 Å². The van der Waals surface area contributed by atoms with Crippen molar-refractivity contribution in [1.29, 1.82) is 0 Å². The van der Waals surface area contributed by atoms with E-state index in [1.54, 1.807) is 41.3 Å². The summed E-state index contributed by atoms with van der Waals surface area (Å²) in [6.45, 7) is 0.316. The van der Waals surface area contributed by atoms with E-state index in [-0.39, 0.29) is 18.2 Å². The molecule has 1 heterocycles. The largest absolute Gasteiger partial charge is 0.326 e. The Kier molecular flexibility index (Phi) is 6.87. The number of carbonyl (C=O) groups is 2. The van der Waals surface area contributed by atoms with Gasteiger partial charge < -0.3 is 5.32 Å². The summed E-state index contributed by atoms with van der Waals surface area (Å²) in [7, 11) is 0. The van der Waals surface area contributed by atoms with Crippen LogP contribution in [0.25, 0.3) is 0 Å². The first-order chi connectivity index (χ1) is 15.5. The lowest BCUT2D eigenvalue weighted by atomic mass is 10.2. The molecule has 1 saturated heterocycles. The molecule has 0 aliphatic carbocycles. The predicted octanol–water partition coefficient (Wildman–Crippen LogP) is 5.64. The second-order valence-electron chi connectivity index (χ2n) is 7.15. The average Bonchev–Trinajstić information content (AvgIpc) is 3.05. The zero-order chi connectivity index (χ0) is 22.5. The highest BCUT2D eigenvalue weighted by Gasteiger charge is 2.39. The smallest absolute Gasteiger partial charge is 0.242 e. The molecule has 5 nitrogen and oxygen atoms in total. The molecule has 2 amide bonds. The number of halogens is 2. The maximum atomic E-state index is 13.6. The summed E-state index contributed by atoms with van der Waals surface area (Å²) in [6.07, 6.45) is -0.0143. The van der Waals surface area contributed by atoms with Gasteiger partial charge in [0.05, 0.1) is 12.2 Å². The minimum atomic E-state index is -0.627. The molecule has 162 valence electrons. The van der Waals surface area contributed by atoms with Crippen molar-refractivity contribution < 1.29 is 14.0 Å². The van der Waals surface area contributed by atoms with Crippen LogP contribution in [0.4, 0.5) is 15.8 Å². The summed E-state index contributed by atoms with van der Waals surface area (Å²) >= 11 is 7.09. The summed E-state index contributed by atoms with van der Waals surface area (Å²) in [5.74, 6) is -0.903. The molecule has 3 aromatic rings. The molecule has 1 atom stereocenters. The quantitative estimate of drug-likeness (QED) is 0.510. The Labute approximate surface area is 194 Å². The molecule has 0 spiro atoms. The zero-order valence-corrected chi connectivity index (χ0v) is 18.4. The highest BCUT2D eigenvalue weighted by atomic mass is 35.5. The Morgan fingerprint density at radius 2 is 1.81 bits per heavy atom. The van der Waals surface area contributed by atoms with Crippen LogP contribution >= 0.6 is 23.4 Å². The SMILES string of the molecule is O=C(C[C@@H]1SC(=Nc2cccc(F)c2)N(Cc2ccccc2)C1=O)Nc1ccc(Cl)cc1. The van der Waals surface area contributed by atoms with Crippen molar-refractivity contribution in [3.8, 4) is 0 Å². The fraction of sp³-hybridized carbons (Fsp3) is 0.125. The highest BCUT2D eigenvalue weighted by Crippen LogP contribution is 2.33. The summed E-state index contributed by atoms with van der Waals surface area (Å²) in [5, 5.41) is 3.16. The topological polar surface area (TPSA) is 61.8 Å². The van der Waals surface area contributed by atoms with Crippen LogP contribution in [0.2, 0.25) is 5.02 Å². The molecule has 32 heavy (non-hydrogen) atoms. The Morgan fingerprint density at radius 1 is 1.06 bits per heavy atom. The van der Waals surface area contributed by atoms with E-state index in [0.717, 1.165) is 5.56 Å². The number of hydrogen-bond donors (Lipinski definition) is 1. The minimum Gasteiger partial charge on any atom is -0.326 e. The lowest BCUT2D eigenvalue weighted by molar-refractivity contribution is -0.128. The lowest BCUT2D eigenvalue weighted by Gasteiger charge is -2.16. The highest BCUT2D eigenvalue weighted by molar-refractivity contribution is 8.15. The number of nitrogens with zero attached hydrogens (tertiary/aromatic N) is 2. The zero-order valence-electron chi connectivity index (χ0n) is 16.9. The Bertz CT molecular complexity index is 1160. The number of rotatable bonds is 6. The molecule has 0 unspecified atom stereocenters. The van der Waals surface area contributed by atoms with Gasteiger partial charge in [0.2, 0.25) is 11.8 Å². The first-order valence-electron chi connectivity index (χ1n) is 9.89. The Hall–Kier alpha value is -3.16. The first kappa shape index (κ1) is 22.0. The maximum Gasteiger partial charge on any atom is 0.242 e. The Balaban J connectivity index is 1.54. The third-order valence-corrected chi connectivity index (χ3v) is 6.16. The molecule has 3 aromatic carbocycles. The molecule has 0 radical (unpaired) electrons. The van der Waals surface area contributed by atoms with Crippen LogP contribution in [-0.4, -0.2) is 27.1 Å². The van der Waals surface area contributed by atoms with Crippen LogP contribution in [0.1, 0.15) is 12.0 Å². The van der Waals surface area contributed by atoms with Crippen molar-refractivity contribution in [3.63, 3.8) is 0 Å². The molecule has 1 aliphatic heterocycles. The van der Waals surface area contributed by atoms with E-state index in [2.05, 4.69) is 10.3 Å². The van der Waals surface area contributed by atoms with Gasteiger partial charge in [0, 0.05) is 17.1 Å². The van der Waals surface area contributed by atoms with E-state index in [9.17, 15) is 14.0 Å². The minimum absolute atomic E-state index is 0.0143. The molecule has 0 bridgehead atoms. The van der Waals surface area contributed by atoms with E-state index >= 15 is 0 Å². The maximum absolute atomic E-state index is 13.6. The number of benzene rings is 3. The number of nitrogens with one attached hydrogen (secondary N) is 1. The number of aliphatic imine (C=N–C) groups is 1. The molecule has 4 rings (SSSR count). The molecule has 1 fully saturated rings. The molecular weight excluding hydrogens is 449 g/mol. The van der Waals surface area contributed by atoms with Gasteiger partial charge in [-0.15, -0.1) is 0 Å². The number of amides is 2. The fourth-order valence-electron chi connectivity index (χ4n) is 3.21. The molecule has 1 aliphatic rings. The van der Waals surface area contributed by atoms with Crippen LogP contribution in [0.5, 0.6) is 0 Å². The number of hydrogen-bond acceptors (Lipinski definition) is 4. The fourth-order valence-corrected chi connectivity index (χ4v) is 4.49. The van der Waals surface area contributed by atoms with Crippen molar-refractivity contribution in [2.75, 3.05) is 5.32 Å². The second kappa shape index (κ2) is 9.97. The van der Waals surface area contributed by atoms with E-state index in [1.807, 2.05) is 30.3 Å². The van der Waals surface area contributed by atoms with Gasteiger partial charge in [0.15, 0.2) is 5.17 Å². The number of carbonyl (C=O) groups excluding carboxylic acids is 2. The van der Waals surface area contributed by atoms with Crippen molar-refractivity contribution in [2.24, 2.45) is 4.99 Å². The summed E-state index contributed by atoms with van der Waals surface area (Å²) in [6, 6.07) is 22.1. The van der Waals surface area contributed by atoms with Crippen molar-refractivity contribution in [2.45, 2.75) is 18.2 Å². The first-order valence-corrected chi connectivity index (χ1v) is 11.2. The lowest BCUT2D eigenvalue weighted by Crippen LogP contribution is -2.33.